The van der Waals surface area contributed by atoms with Crippen LogP contribution in [0.15, 0.2) is 18.2 Å². The van der Waals surface area contributed by atoms with Crippen molar-refractivity contribution in [3.63, 3.8) is 0 Å². The van der Waals surface area contributed by atoms with Crippen LogP contribution >= 0.6 is 0 Å². The van der Waals surface area contributed by atoms with Crippen molar-refractivity contribution in [2.75, 3.05) is 0 Å². The second kappa shape index (κ2) is 8.47. The molecule has 0 heterocycles. The molecule has 24 heavy (non-hydrogen) atoms. The summed E-state index contributed by atoms with van der Waals surface area (Å²) in [5, 5.41) is 5.28. The van der Waals surface area contributed by atoms with Crippen molar-refractivity contribution in [2.45, 2.75) is 53.1 Å². The summed E-state index contributed by atoms with van der Waals surface area (Å²) < 4.78 is 0. The molecule has 0 bridgehead atoms. The van der Waals surface area contributed by atoms with E-state index < -0.39 is 23.9 Å². The van der Waals surface area contributed by atoms with Crippen LogP contribution in [0, 0.1) is 19.8 Å². The Balaban J connectivity index is 2.95. The van der Waals surface area contributed by atoms with E-state index in [4.69, 9.17) is 5.73 Å². The van der Waals surface area contributed by atoms with Crippen LogP contribution in [-0.2, 0) is 20.8 Å². The molecule has 6 nitrogen and oxygen atoms in total. The lowest BCUT2D eigenvalue weighted by Gasteiger charge is -2.24. The van der Waals surface area contributed by atoms with Crippen LogP contribution in [-0.4, -0.2) is 29.8 Å². The highest BCUT2D eigenvalue weighted by Crippen LogP contribution is 2.15. The van der Waals surface area contributed by atoms with Gasteiger partial charge in [-0.05, 0) is 36.5 Å². The number of nitrogens with two attached hydrogens (primary N) is 1. The number of aryl methyl sites for hydroxylation is 2. The highest BCUT2D eigenvalue weighted by atomic mass is 16.2. The molecule has 0 aliphatic rings. The third-order valence-electron chi connectivity index (χ3n) is 4.02. The average Bonchev–Trinajstić information content (AvgIpc) is 2.46. The van der Waals surface area contributed by atoms with Crippen molar-refractivity contribution in [1.29, 1.82) is 0 Å². The van der Waals surface area contributed by atoms with E-state index in [2.05, 4.69) is 10.6 Å². The fraction of sp³-hybridized carbons (Fsp3) is 0.500. The molecule has 4 N–H and O–H groups in total. The largest absolute Gasteiger partial charge is 0.368 e. The molecular weight excluding hydrogens is 306 g/mol. The third-order valence-corrected chi connectivity index (χ3v) is 4.02. The smallest absolute Gasteiger partial charge is 0.243 e. The van der Waals surface area contributed by atoms with Crippen LogP contribution < -0.4 is 16.4 Å². The van der Waals surface area contributed by atoms with Crippen LogP contribution in [0.25, 0.3) is 0 Å². The maximum absolute atomic E-state index is 12.5. The molecule has 1 aromatic rings. The first kappa shape index (κ1) is 19.7. The van der Waals surface area contributed by atoms with Crippen LogP contribution in [0.5, 0.6) is 0 Å². The molecule has 3 amide bonds. The molecule has 1 aromatic carbocycles. The zero-order valence-corrected chi connectivity index (χ0v) is 15.0. The van der Waals surface area contributed by atoms with Gasteiger partial charge in [0.1, 0.15) is 12.1 Å². The number of amides is 3. The first-order chi connectivity index (χ1) is 11.1. The van der Waals surface area contributed by atoms with Gasteiger partial charge in [-0.1, -0.05) is 32.0 Å². The number of carbonyl (C=O) groups excluding carboxylic acids is 3. The van der Waals surface area contributed by atoms with Gasteiger partial charge >= 0.3 is 0 Å². The summed E-state index contributed by atoms with van der Waals surface area (Å²) in [6.45, 7) is 8.91. The number of benzene rings is 1. The van der Waals surface area contributed by atoms with Crippen molar-refractivity contribution in [3.8, 4) is 0 Å². The quantitative estimate of drug-likeness (QED) is 0.693. The second-order valence-corrected chi connectivity index (χ2v) is 6.46. The van der Waals surface area contributed by atoms with E-state index in [9.17, 15) is 14.4 Å². The molecule has 0 saturated heterocycles. The van der Waals surface area contributed by atoms with Gasteiger partial charge in [0.2, 0.25) is 17.7 Å². The summed E-state index contributed by atoms with van der Waals surface area (Å²) in [5.41, 5.74) is 8.54. The normalized spacial score (nSPS) is 13.2. The number of carbonyl (C=O) groups is 3. The van der Waals surface area contributed by atoms with Crippen molar-refractivity contribution in [2.24, 2.45) is 11.7 Å². The minimum Gasteiger partial charge on any atom is -0.368 e. The topological polar surface area (TPSA) is 101 Å². The zero-order valence-electron chi connectivity index (χ0n) is 15.0. The van der Waals surface area contributed by atoms with E-state index in [-0.39, 0.29) is 11.8 Å². The van der Waals surface area contributed by atoms with Gasteiger partial charge in [0.15, 0.2) is 0 Å². The average molecular weight is 333 g/mol. The van der Waals surface area contributed by atoms with Crippen LogP contribution in [0.4, 0.5) is 0 Å². The maximum atomic E-state index is 12.5. The second-order valence-electron chi connectivity index (χ2n) is 6.46. The molecule has 0 spiro atoms. The lowest BCUT2D eigenvalue weighted by Crippen LogP contribution is -2.55. The molecule has 0 fully saturated rings. The molecule has 132 valence electrons. The van der Waals surface area contributed by atoms with E-state index in [1.165, 1.54) is 6.92 Å². The third kappa shape index (κ3) is 5.37. The van der Waals surface area contributed by atoms with Gasteiger partial charge in [0.25, 0.3) is 0 Å². The lowest BCUT2D eigenvalue weighted by molar-refractivity contribution is -0.131. The Morgan fingerprint density at radius 2 is 1.62 bits per heavy atom. The fourth-order valence-corrected chi connectivity index (χ4v) is 2.61. The van der Waals surface area contributed by atoms with E-state index in [1.807, 2.05) is 45.9 Å². The van der Waals surface area contributed by atoms with E-state index in [1.54, 1.807) is 0 Å². The lowest BCUT2D eigenvalue weighted by atomic mass is 9.95. The van der Waals surface area contributed by atoms with Gasteiger partial charge in [0.05, 0.1) is 0 Å². The molecule has 0 aromatic heterocycles. The first-order valence-electron chi connectivity index (χ1n) is 8.05. The Hall–Kier alpha value is -2.37. The van der Waals surface area contributed by atoms with Gasteiger partial charge in [-0.15, -0.1) is 0 Å². The summed E-state index contributed by atoms with van der Waals surface area (Å²) in [6, 6.07) is 4.32. The summed E-state index contributed by atoms with van der Waals surface area (Å²) in [5.74, 6) is -1.41. The SMILES string of the molecule is CC(=O)N[C@@H](C(=O)N[C@@H](Cc1c(C)cccc1C)C(N)=O)C(C)C. The van der Waals surface area contributed by atoms with Crippen molar-refractivity contribution in [3.05, 3.63) is 34.9 Å². The van der Waals surface area contributed by atoms with Crippen LogP contribution in [0.1, 0.15) is 37.5 Å². The monoisotopic (exact) mass is 333 g/mol. The molecule has 0 aliphatic carbocycles. The van der Waals surface area contributed by atoms with E-state index >= 15 is 0 Å². The Bertz CT molecular complexity index is 606. The summed E-state index contributed by atoms with van der Waals surface area (Å²) in [6.07, 6.45) is 0.324. The fourth-order valence-electron chi connectivity index (χ4n) is 2.61. The zero-order chi connectivity index (χ0) is 18.4. The first-order valence-corrected chi connectivity index (χ1v) is 8.05. The van der Waals surface area contributed by atoms with Crippen molar-refractivity contribution >= 4 is 17.7 Å². The Morgan fingerprint density at radius 1 is 1.08 bits per heavy atom. The van der Waals surface area contributed by atoms with Gasteiger partial charge in [-0.3, -0.25) is 14.4 Å². The summed E-state index contributed by atoms with van der Waals surface area (Å²) in [4.78, 5) is 35.5. The summed E-state index contributed by atoms with van der Waals surface area (Å²) >= 11 is 0. The minimum atomic E-state index is -0.827. The number of primary amides is 1. The maximum Gasteiger partial charge on any atom is 0.243 e. The van der Waals surface area contributed by atoms with Gasteiger partial charge in [-0.2, -0.15) is 0 Å². The predicted molar refractivity (Wildman–Crippen MR) is 93.2 cm³/mol. The standard InChI is InChI=1S/C18H27N3O3/c1-10(2)16(20-13(5)22)18(24)21-15(17(19)23)9-14-11(3)7-6-8-12(14)4/h6-8,10,15-16H,9H2,1-5H3,(H2,19,23)(H,20,22)(H,21,24)/t15-,16+/m0/s1. The van der Waals surface area contributed by atoms with E-state index in [0.29, 0.717) is 6.42 Å². The van der Waals surface area contributed by atoms with Crippen molar-refractivity contribution < 1.29 is 14.4 Å². The Morgan fingerprint density at radius 3 is 2.04 bits per heavy atom. The highest BCUT2D eigenvalue weighted by Gasteiger charge is 2.27. The predicted octanol–water partition coefficient (Wildman–Crippen LogP) is 0.977. The molecule has 0 aliphatic heterocycles. The number of hydrogen-bond acceptors (Lipinski definition) is 3. The van der Waals surface area contributed by atoms with Gasteiger partial charge in [0, 0.05) is 13.3 Å². The van der Waals surface area contributed by atoms with Crippen molar-refractivity contribution in [1.82, 2.24) is 10.6 Å². The molecule has 0 radical (unpaired) electrons. The van der Waals surface area contributed by atoms with Gasteiger partial charge in [-0.25, -0.2) is 0 Å². The van der Waals surface area contributed by atoms with Crippen LogP contribution in [0.2, 0.25) is 0 Å². The molecule has 2 atom stereocenters. The molecule has 6 heteroatoms. The number of nitrogens with one attached hydrogen (secondary N) is 2. The molecule has 0 saturated carbocycles. The molecule has 0 unspecified atom stereocenters. The molecule has 1 rings (SSSR count). The van der Waals surface area contributed by atoms with Gasteiger partial charge < -0.3 is 16.4 Å². The number of hydrogen-bond donors (Lipinski definition) is 3. The van der Waals surface area contributed by atoms with Crippen LogP contribution in [0.3, 0.4) is 0 Å². The summed E-state index contributed by atoms with van der Waals surface area (Å²) in [7, 11) is 0. The Labute approximate surface area is 143 Å². The van der Waals surface area contributed by atoms with E-state index in [0.717, 1.165) is 16.7 Å². The molecular formula is C18H27N3O3. The minimum absolute atomic E-state index is 0.109. The number of rotatable bonds is 7. The highest BCUT2D eigenvalue weighted by molar-refractivity contribution is 5.91. The Kier molecular flexibility index (Phi) is 6.95.